The van der Waals surface area contributed by atoms with Gasteiger partial charge in [0.2, 0.25) is 0 Å². The maximum absolute atomic E-state index is 11.7. The molecule has 1 aromatic carbocycles. The smallest absolute Gasteiger partial charge is 0.252 e. The molecule has 0 aliphatic heterocycles. The van der Waals surface area contributed by atoms with Crippen molar-refractivity contribution in [2.45, 2.75) is 19.8 Å². The zero-order valence-corrected chi connectivity index (χ0v) is 13.5. The van der Waals surface area contributed by atoms with Crippen LogP contribution < -0.4 is 10.1 Å². The number of ketones is 1. The lowest BCUT2D eigenvalue weighted by Crippen LogP contribution is -2.31. The highest BCUT2D eigenvalue weighted by Crippen LogP contribution is 2.18. The predicted molar refractivity (Wildman–Crippen MR) is 87.7 cm³/mol. The van der Waals surface area contributed by atoms with Crippen molar-refractivity contribution in [1.82, 2.24) is 5.32 Å². The maximum atomic E-state index is 11.7. The summed E-state index contributed by atoms with van der Waals surface area (Å²) in [5, 5.41) is 6.15. The number of rotatable bonds is 7. The molecule has 1 amide bonds. The normalized spacial score (nSPS) is 10.5. The third-order valence-electron chi connectivity index (χ3n) is 3.18. The molecule has 22 heavy (non-hydrogen) atoms. The SMILES string of the molecule is CC(C)c1ccc(OCC(=O)CNC(=O)c2ccsc2)cc1. The Hall–Kier alpha value is -2.14. The van der Waals surface area contributed by atoms with Gasteiger partial charge in [0, 0.05) is 10.9 Å². The molecule has 5 heteroatoms. The van der Waals surface area contributed by atoms with Crippen LogP contribution in [-0.4, -0.2) is 24.8 Å². The molecule has 0 aliphatic carbocycles. The number of carbonyl (C=O) groups excluding carboxylic acids is 2. The van der Waals surface area contributed by atoms with Crippen LogP contribution in [0.4, 0.5) is 0 Å². The summed E-state index contributed by atoms with van der Waals surface area (Å²) >= 11 is 1.44. The molecule has 0 spiro atoms. The molecule has 2 aromatic rings. The lowest BCUT2D eigenvalue weighted by atomic mass is 10.0. The minimum absolute atomic E-state index is 0.0290. The van der Waals surface area contributed by atoms with Crippen LogP contribution in [0.15, 0.2) is 41.1 Å². The molecule has 1 aromatic heterocycles. The Morgan fingerprint density at radius 1 is 1.18 bits per heavy atom. The van der Waals surface area contributed by atoms with Gasteiger partial charge in [0.15, 0.2) is 5.78 Å². The van der Waals surface area contributed by atoms with Crippen molar-refractivity contribution in [3.63, 3.8) is 0 Å². The fraction of sp³-hybridized carbons (Fsp3) is 0.294. The van der Waals surface area contributed by atoms with Crippen LogP contribution in [0.25, 0.3) is 0 Å². The van der Waals surface area contributed by atoms with Gasteiger partial charge in [0.1, 0.15) is 12.4 Å². The number of nitrogens with one attached hydrogen (secondary N) is 1. The van der Waals surface area contributed by atoms with Crippen molar-refractivity contribution in [2.24, 2.45) is 0 Å². The number of amides is 1. The summed E-state index contributed by atoms with van der Waals surface area (Å²) in [7, 11) is 0. The highest BCUT2D eigenvalue weighted by molar-refractivity contribution is 7.08. The molecule has 1 N–H and O–H groups in total. The van der Waals surface area contributed by atoms with Gasteiger partial charge in [-0.1, -0.05) is 26.0 Å². The third-order valence-corrected chi connectivity index (χ3v) is 3.86. The zero-order valence-electron chi connectivity index (χ0n) is 12.7. The topological polar surface area (TPSA) is 55.4 Å². The predicted octanol–water partition coefficient (Wildman–Crippen LogP) is 3.25. The van der Waals surface area contributed by atoms with E-state index in [1.807, 2.05) is 29.6 Å². The van der Waals surface area contributed by atoms with Crippen LogP contribution in [0.5, 0.6) is 5.75 Å². The molecular weight excluding hydrogens is 298 g/mol. The standard InChI is InChI=1S/C17H19NO3S/c1-12(2)13-3-5-16(6-4-13)21-10-15(19)9-18-17(20)14-7-8-22-11-14/h3-8,11-12H,9-10H2,1-2H3,(H,18,20). The number of Topliss-reactive ketones (excluding diaryl/α,β-unsaturated/α-hetero) is 1. The number of hydrogen-bond acceptors (Lipinski definition) is 4. The molecule has 0 bridgehead atoms. The first-order chi connectivity index (χ1) is 10.6. The van der Waals surface area contributed by atoms with Crippen molar-refractivity contribution >= 4 is 23.0 Å². The highest BCUT2D eigenvalue weighted by Gasteiger charge is 2.09. The van der Waals surface area contributed by atoms with Crippen LogP contribution in [0.3, 0.4) is 0 Å². The molecule has 1 heterocycles. The minimum Gasteiger partial charge on any atom is -0.486 e. The Bertz CT molecular complexity index is 618. The molecule has 0 aliphatic rings. The largest absolute Gasteiger partial charge is 0.486 e. The van der Waals surface area contributed by atoms with E-state index in [1.165, 1.54) is 16.9 Å². The Kier molecular flexibility index (Phi) is 5.72. The van der Waals surface area contributed by atoms with Crippen molar-refractivity contribution in [2.75, 3.05) is 13.2 Å². The van der Waals surface area contributed by atoms with E-state index in [4.69, 9.17) is 4.74 Å². The fourth-order valence-electron chi connectivity index (χ4n) is 1.84. The van der Waals surface area contributed by atoms with E-state index in [-0.39, 0.29) is 24.8 Å². The second-order valence-electron chi connectivity index (χ2n) is 5.25. The molecule has 0 saturated carbocycles. The summed E-state index contributed by atoms with van der Waals surface area (Å²) in [6.07, 6.45) is 0. The van der Waals surface area contributed by atoms with Gasteiger partial charge in [0.25, 0.3) is 5.91 Å². The van der Waals surface area contributed by atoms with E-state index in [0.29, 0.717) is 17.2 Å². The Labute approximate surface area is 134 Å². The molecule has 0 saturated heterocycles. The van der Waals surface area contributed by atoms with Crippen molar-refractivity contribution < 1.29 is 14.3 Å². The summed E-state index contributed by atoms with van der Waals surface area (Å²) in [6.45, 7) is 4.16. The maximum Gasteiger partial charge on any atom is 0.252 e. The summed E-state index contributed by atoms with van der Waals surface area (Å²) in [6, 6.07) is 9.40. The number of benzene rings is 1. The molecule has 0 fully saturated rings. The van der Waals surface area contributed by atoms with Crippen LogP contribution in [-0.2, 0) is 4.79 Å². The number of thiophene rings is 1. The van der Waals surface area contributed by atoms with Gasteiger partial charge in [0.05, 0.1) is 6.54 Å². The average molecular weight is 317 g/mol. The first kappa shape index (κ1) is 16.2. The van der Waals surface area contributed by atoms with Gasteiger partial charge in [-0.25, -0.2) is 0 Å². The van der Waals surface area contributed by atoms with E-state index in [1.54, 1.807) is 11.4 Å². The van der Waals surface area contributed by atoms with Gasteiger partial charge in [-0.05, 0) is 35.1 Å². The van der Waals surface area contributed by atoms with E-state index in [0.717, 1.165) is 0 Å². The van der Waals surface area contributed by atoms with Crippen LogP contribution in [0, 0.1) is 0 Å². The van der Waals surface area contributed by atoms with Gasteiger partial charge >= 0.3 is 0 Å². The minimum atomic E-state index is -0.240. The molecular formula is C17H19NO3S. The lowest BCUT2D eigenvalue weighted by Gasteiger charge is -2.09. The first-order valence-electron chi connectivity index (χ1n) is 7.11. The van der Waals surface area contributed by atoms with Gasteiger partial charge in [-0.15, -0.1) is 0 Å². The summed E-state index contributed by atoms with van der Waals surface area (Å²) in [4.78, 5) is 23.4. The molecule has 116 valence electrons. The quantitative estimate of drug-likeness (QED) is 0.853. The average Bonchev–Trinajstić information content (AvgIpc) is 3.05. The van der Waals surface area contributed by atoms with Crippen LogP contribution >= 0.6 is 11.3 Å². The first-order valence-corrected chi connectivity index (χ1v) is 8.05. The summed E-state index contributed by atoms with van der Waals surface area (Å²) < 4.78 is 5.43. The molecule has 4 nitrogen and oxygen atoms in total. The lowest BCUT2D eigenvalue weighted by molar-refractivity contribution is -0.120. The number of hydrogen-bond donors (Lipinski definition) is 1. The molecule has 0 atom stereocenters. The van der Waals surface area contributed by atoms with Crippen molar-refractivity contribution in [1.29, 1.82) is 0 Å². The van der Waals surface area contributed by atoms with Crippen LogP contribution in [0.1, 0.15) is 35.7 Å². The molecule has 2 rings (SSSR count). The second kappa shape index (κ2) is 7.75. The number of carbonyl (C=O) groups is 2. The molecule has 0 radical (unpaired) electrons. The zero-order chi connectivity index (χ0) is 15.9. The van der Waals surface area contributed by atoms with Gasteiger partial charge in [-0.3, -0.25) is 9.59 Å². The highest BCUT2D eigenvalue weighted by atomic mass is 32.1. The van der Waals surface area contributed by atoms with E-state index in [2.05, 4.69) is 19.2 Å². The molecule has 0 unspecified atom stereocenters. The van der Waals surface area contributed by atoms with Crippen LogP contribution in [0.2, 0.25) is 0 Å². The van der Waals surface area contributed by atoms with E-state index >= 15 is 0 Å². The third kappa shape index (κ3) is 4.70. The number of ether oxygens (including phenoxy) is 1. The van der Waals surface area contributed by atoms with Gasteiger partial charge < -0.3 is 10.1 Å². The Balaban J connectivity index is 1.74. The fourth-order valence-corrected chi connectivity index (χ4v) is 2.47. The summed E-state index contributed by atoms with van der Waals surface area (Å²) in [5.74, 6) is 0.706. The van der Waals surface area contributed by atoms with E-state index < -0.39 is 0 Å². The van der Waals surface area contributed by atoms with Gasteiger partial charge in [-0.2, -0.15) is 11.3 Å². The van der Waals surface area contributed by atoms with Crippen molar-refractivity contribution in [3.8, 4) is 5.75 Å². The summed E-state index contributed by atoms with van der Waals surface area (Å²) in [5.41, 5.74) is 1.80. The van der Waals surface area contributed by atoms with Crippen molar-refractivity contribution in [3.05, 3.63) is 52.2 Å². The second-order valence-corrected chi connectivity index (χ2v) is 6.03. The Morgan fingerprint density at radius 2 is 1.91 bits per heavy atom. The Morgan fingerprint density at radius 3 is 2.50 bits per heavy atom. The monoisotopic (exact) mass is 317 g/mol. The van der Waals surface area contributed by atoms with E-state index in [9.17, 15) is 9.59 Å².